The third-order valence-corrected chi connectivity index (χ3v) is 4.28. The monoisotopic (exact) mass is 345 g/mol. The predicted octanol–water partition coefficient (Wildman–Crippen LogP) is 4.06. The molecule has 108 valence electrons. The van der Waals surface area contributed by atoms with Crippen LogP contribution < -0.4 is 4.90 Å². The number of amides is 1. The van der Waals surface area contributed by atoms with Crippen molar-refractivity contribution in [2.24, 2.45) is 0 Å². The zero-order chi connectivity index (χ0) is 15.0. The van der Waals surface area contributed by atoms with Crippen molar-refractivity contribution in [1.29, 1.82) is 0 Å². The lowest BCUT2D eigenvalue weighted by molar-refractivity contribution is 0.0982. The van der Waals surface area contributed by atoms with Gasteiger partial charge in [0, 0.05) is 16.7 Å². The van der Waals surface area contributed by atoms with Gasteiger partial charge in [-0.15, -0.1) is 0 Å². The topological polar surface area (TPSA) is 40.5 Å². The van der Waals surface area contributed by atoms with E-state index in [-0.39, 0.29) is 11.7 Å². The minimum absolute atomic E-state index is 0.00797. The minimum Gasteiger partial charge on any atom is -0.507 e. The van der Waals surface area contributed by atoms with E-state index >= 15 is 0 Å². The van der Waals surface area contributed by atoms with E-state index in [1.54, 1.807) is 23.1 Å². The molecular formula is C17H16BrNO2. The molecule has 0 saturated heterocycles. The highest BCUT2D eigenvalue weighted by Crippen LogP contribution is 2.31. The Morgan fingerprint density at radius 3 is 2.81 bits per heavy atom. The van der Waals surface area contributed by atoms with Crippen LogP contribution in [0.25, 0.3) is 0 Å². The van der Waals surface area contributed by atoms with Gasteiger partial charge in [-0.2, -0.15) is 0 Å². The zero-order valence-electron chi connectivity index (χ0n) is 11.8. The van der Waals surface area contributed by atoms with E-state index in [0.29, 0.717) is 12.1 Å². The van der Waals surface area contributed by atoms with E-state index in [4.69, 9.17) is 0 Å². The van der Waals surface area contributed by atoms with E-state index in [0.717, 1.165) is 23.0 Å². The highest BCUT2D eigenvalue weighted by molar-refractivity contribution is 9.10. The molecule has 0 aliphatic carbocycles. The van der Waals surface area contributed by atoms with Gasteiger partial charge in [0.15, 0.2) is 0 Å². The maximum absolute atomic E-state index is 12.7. The van der Waals surface area contributed by atoms with Crippen molar-refractivity contribution in [2.75, 3.05) is 11.4 Å². The molecule has 0 aromatic heterocycles. The maximum atomic E-state index is 12.7. The Hall–Kier alpha value is -1.81. The molecule has 0 fully saturated rings. The van der Waals surface area contributed by atoms with Gasteiger partial charge in [-0.1, -0.05) is 33.6 Å². The lowest BCUT2D eigenvalue weighted by Crippen LogP contribution is -2.35. The summed E-state index contributed by atoms with van der Waals surface area (Å²) in [5, 5.41) is 10.0. The van der Waals surface area contributed by atoms with Crippen LogP contribution in [0.3, 0.4) is 0 Å². The van der Waals surface area contributed by atoms with Gasteiger partial charge in [-0.25, -0.2) is 0 Å². The Morgan fingerprint density at radius 1 is 1.24 bits per heavy atom. The van der Waals surface area contributed by atoms with Crippen LogP contribution in [-0.4, -0.2) is 17.6 Å². The van der Waals surface area contributed by atoms with Crippen LogP contribution in [0.2, 0.25) is 0 Å². The molecule has 0 bridgehead atoms. The zero-order valence-corrected chi connectivity index (χ0v) is 13.4. The third-order valence-electron chi connectivity index (χ3n) is 3.79. The van der Waals surface area contributed by atoms with Gasteiger partial charge in [-0.05, 0) is 49.6 Å². The highest BCUT2D eigenvalue weighted by Gasteiger charge is 2.25. The van der Waals surface area contributed by atoms with E-state index < -0.39 is 0 Å². The number of carbonyl (C=O) groups is 1. The summed E-state index contributed by atoms with van der Waals surface area (Å²) in [5.41, 5.74) is 3.70. The summed E-state index contributed by atoms with van der Waals surface area (Å²) < 4.78 is 0.756. The normalized spacial score (nSPS) is 13.9. The molecule has 1 aliphatic heterocycles. The number of nitrogens with zero attached hydrogens (tertiary/aromatic N) is 1. The molecule has 3 rings (SSSR count). The molecule has 2 aromatic rings. The van der Waals surface area contributed by atoms with Gasteiger partial charge < -0.3 is 10.0 Å². The lowest BCUT2D eigenvalue weighted by atomic mass is 9.98. The lowest BCUT2D eigenvalue weighted by Gasteiger charge is -2.30. The van der Waals surface area contributed by atoms with Gasteiger partial charge >= 0.3 is 0 Å². The van der Waals surface area contributed by atoms with E-state index in [1.807, 2.05) is 12.1 Å². The van der Waals surface area contributed by atoms with Gasteiger partial charge in [0.2, 0.25) is 0 Å². The number of benzene rings is 2. The van der Waals surface area contributed by atoms with Crippen molar-refractivity contribution >= 4 is 27.5 Å². The van der Waals surface area contributed by atoms with Crippen LogP contribution in [0.1, 0.15) is 27.9 Å². The predicted molar refractivity (Wildman–Crippen MR) is 87.0 cm³/mol. The molecule has 3 nitrogen and oxygen atoms in total. The fraction of sp³-hybridized carbons (Fsp3) is 0.235. The minimum atomic E-state index is -0.148. The van der Waals surface area contributed by atoms with Gasteiger partial charge in [0.25, 0.3) is 5.91 Å². The summed E-state index contributed by atoms with van der Waals surface area (Å²) >= 11 is 3.29. The molecule has 0 spiro atoms. The van der Waals surface area contributed by atoms with Crippen LogP contribution in [0.4, 0.5) is 5.69 Å². The average molecular weight is 346 g/mol. The molecule has 2 aromatic carbocycles. The Kier molecular flexibility index (Phi) is 3.72. The highest BCUT2D eigenvalue weighted by atomic mass is 79.9. The van der Waals surface area contributed by atoms with E-state index in [1.165, 1.54) is 11.1 Å². The Morgan fingerprint density at radius 2 is 2.05 bits per heavy atom. The number of carbonyl (C=O) groups excluding carboxylic acids is 1. The maximum Gasteiger partial charge on any atom is 0.262 e. The Balaban J connectivity index is 2.00. The second-order valence-corrected chi connectivity index (χ2v) is 6.27. The van der Waals surface area contributed by atoms with E-state index in [9.17, 15) is 9.90 Å². The molecule has 4 heteroatoms. The van der Waals surface area contributed by atoms with Crippen LogP contribution in [0.5, 0.6) is 5.75 Å². The number of hydrogen-bond acceptors (Lipinski definition) is 2. The van der Waals surface area contributed by atoms with Crippen LogP contribution >= 0.6 is 15.9 Å². The number of phenols is 1. The molecule has 1 amide bonds. The number of aromatic hydroxyl groups is 1. The molecular weight excluding hydrogens is 330 g/mol. The summed E-state index contributed by atoms with van der Waals surface area (Å²) in [4.78, 5) is 14.5. The van der Waals surface area contributed by atoms with Crippen molar-refractivity contribution < 1.29 is 9.90 Å². The van der Waals surface area contributed by atoms with Crippen molar-refractivity contribution in [1.82, 2.24) is 0 Å². The number of halogens is 1. The van der Waals surface area contributed by atoms with Gasteiger partial charge in [0.1, 0.15) is 5.75 Å². The molecule has 21 heavy (non-hydrogen) atoms. The number of hydrogen-bond donors (Lipinski definition) is 1. The van der Waals surface area contributed by atoms with Crippen LogP contribution in [0.15, 0.2) is 40.9 Å². The number of aryl methyl sites for hydroxylation is 2. The quantitative estimate of drug-likeness (QED) is 0.846. The molecule has 0 unspecified atom stereocenters. The van der Waals surface area contributed by atoms with Crippen molar-refractivity contribution in [2.45, 2.75) is 19.8 Å². The van der Waals surface area contributed by atoms with Crippen molar-refractivity contribution in [3.05, 3.63) is 57.6 Å². The molecule has 1 N–H and O–H groups in total. The molecule has 0 atom stereocenters. The standard InChI is InChI=1S/C17H16BrNO2/c1-11-4-7-15-12(9-11)3-2-8-19(15)17(21)14-6-5-13(18)10-16(14)20/h4-7,9-10,20H,2-3,8H2,1H3. The molecule has 1 heterocycles. The summed E-state index contributed by atoms with van der Waals surface area (Å²) in [6.45, 7) is 2.74. The first kappa shape index (κ1) is 14.1. The fourth-order valence-corrected chi connectivity index (χ4v) is 3.12. The fourth-order valence-electron chi connectivity index (χ4n) is 2.77. The summed E-state index contributed by atoms with van der Waals surface area (Å²) in [6, 6.07) is 11.1. The molecule has 1 aliphatic rings. The molecule has 0 radical (unpaired) electrons. The Labute approximate surface area is 132 Å². The number of anilines is 1. The van der Waals surface area contributed by atoms with Gasteiger partial charge in [-0.3, -0.25) is 4.79 Å². The summed E-state index contributed by atoms with van der Waals surface area (Å²) in [5.74, 6) is -0.140. The second-order valence-electron chi connectivity index (χ2n) is 5.35. The third kappa shape index (κ3) is 2.68. The first-order chi connectivity index (χ1) is 10.1. The average Bonchev–Trinajstić information content (AvgIpc) is 2.45. The first-order valence-corrected chi connectivity index (χ1v) is 7.75. The first-order valence-electron chi connectivity index (χ1n) is 6.96. The van der Waals surface area contributed by atoms with E-state index in [2.05, 4.69) is 28.9 Å². The van der Waals surface area contributed by atoms with Crippen LogP contribution in [0, 0.1) is 6.92 Å². The van der Waals surface area contributed by atoms with Crippen molar-refractivity contribution in [3.8, 4) is 5.75 Å². The number of rotatable bonds is 1. The smallest absolute Gasteiger partial charge is 0.262 e. The SMILES string of the molecule is Cc1ccc2c(c1)CCCN2C(=O)c1ccc(Br)cc1O. The van der Waals surface area contributed by atoms with Gasteiger partial charge in [0.05, 0.1) is 5.56 Å². The number of phenolic OH excluding ortho intramolecular Hbond substituents is 1. The Bertz CT molecular complexity index is 712. The summed E-state index contributed by atoms with van der Waals surface area (Å²) in [7, 11) is 0. The van der Waals surface area contributed by atoms with Crippen molar-refractivity contribution in [3.63, 3.8) is 0 Å². The molecule has 0 saturated carbocycles. The summed E-state index contributed by atoms with van der Waals surface area (Å²) in [6.07, 6.45) is 1.94. The number of fused-ring (bicyclic) bond motifs is 1. The van der Waals surface area contributed by atoms with Crippen LogP contribution in [-0.2, 0) is 6.42 Å². The second kappa shape index (κ2) is 5.53. The largest absolute Gasteiger partial charge is 0.507 e.